The Hall–Kier alpha value is -3.59. The number of hydrogen-bond donors (Lipinski definition) is 0. The van der Waals surface area contributed by atoms with Crippen molar-refractivity contribution < 1.29 is 8.98 Å². The predicted molar refractivity (Wildman–Crippen MR) is 129 cm³/mol. The smallest absolute Gasteiger partial charge is 0.374 e. The Morgan fingerprint density at radius 1 is 1.00 bits per heavy atom. The summed E-state index contributed by atoms with van der Waals surface area (Å²) in [5, 5.41) is 2.47. The molecule has 0 amide bonds. The molecule has 1 aliphatic rings. The van der Waals surface area contributed by atoms with Gasteiger partial charge in [0.15, 0.2) is 0 Å². The average Bonchev–Trinajstić information content (AvgIpc) is 3.18. The molecule has 3 heteroatoms. The largest absolute Gasteiger partial charge is 0.398 e. The summed E-state index contributed by atoms with van der Waals surface area (Å²) in [7, 11) is 2.10. The molecular formula is C28H27N2O+. The van der Waals surface area contributed by atoms with Crippen LogP contribution in [0.3, 0.4) is 0 Å². The fourth-order valence-corrected chi connectivity index (χ4v) is 4.50. The maximum Gasteiger partial charge on any atom is 0.374 e. The van der Waals surface area contributed by atoms with E-state index in [2.05, 4.69) is 121 Å². The fraction of sp³-hybridized carbons (Fsp3) is 0.179. The zero-order valence-corrected chi connectivity index (χ0v) is 18.0. The van der Waals surface area contributed by atoms with Gasteiger partial charge in [-0.2, -0.15) is 4.57 Å². The molecule has 0 spiro atoms. The highest BCUT2D eigenvalue weighted by atomic mass is 16.3. The lowest BCUT2D eigenvalue weighted by atomic mass is 9.91. The molecule has 0 N–H and O–H groups in total. The van der Waals surface area contributed by atoms with Crippen LogP contribution in [0, 0.1) is 0 Å². The molecule has 0 saturated heterocycles. The Kier molecular flexibility index (Phi) is 5.17. The van der Waals surface area contributed by atoms with Crippen LogP contribution in [0.1, 0.15) is 30.7 Å². The highest BCUT2D eigenvalue weighted by molar-refractivity contribution is 6.01. The number of fused-ring (bicyclic) bond motifs is 4. The summed E-state index contributed by atoms with van der Waals surface area (Å²) in [5.74, 6) is 1.29. The van der Waals surface area contributed by atoms with Crippen LogP contribution < -0.4 is 9.47 Å². The van der Waals surface area contributed by atoms with Gasteiger partial charge in [0.25, 0.3) is 5.52 Å². The second-order valence-corrected chi connectivity index (χ2v) is 7.96. The van der Waals surface area contributed by atoms with Gasteiger partial charge in [-0.1, -0.05) is 66.8 Å². The van der Waals surface area contributed by atoms with E-state index in [1.807, 2.05) is 0 Å². The molecule has 1 unspecified atom stereocenters. The molecule has 4 aromatic rings. The van der Waals surface area contributed by atoms with Crippen molar-refractivity contribution in [1.29, 1.82) is 0 Å². The van der Waals surface area contributed by atoms with E-state index < -0.39 is 0 Å². The van der Waals surface area contributed by atoms with E-state index in [0.717, 1.165) is 30.0 Å². The van der Waals surface area contributed by atoms with Crippen LogP contribution >= 0.6 is 0 Å². The van der Waals surface area contributed by atoms with Gasteiger partial charge in [0.1, 0.15) is 6.54 Å². The molecule has 31 heavy (non-hydrogen) atoms. The number of hydrogen-bond acceptors (Lipinski definition) is 2. The number of rotatable bonds is 5. The molecule has 0 saturated carbocycles. The van der Waals surface area contributed by atoms with Crippen molar-refractivity contribution in [3.63, 3.8) is 0 Å². The summed E-state index contributed by atoms with van der Waals surface area (Å²) < 4.78 is 8.43. The van der Waals surface area contributed by atoms with Crippen LogP contribution in [0.2, 0.25) is 0 Å². The molecule has 1 aliphatic heterocycles. The Balaban J connectivity index is 1.37. The number of anilines is 1. The summed E-state index contributed by atoms with van der Waals surface area (Å²) in [6.45, 7) is 3.02. The fourth-order valence-electron chi connectivity index (χ4n) is 4.50. The number of para-hydroxylation sites is 1. The minimum atomic E-state index is 0.412. The first-order valence-electron chi connectivity index (χ1n) is 10.9. The molecule has 0 aliphatic carbocycles. The average molecular weight is 408 g/mol. The Morgan fingerprint density at radius 3 is 2.74 bits per heavy atom. The quantitative estimate of drug-likeness (QED) is 0.274. The molecule has 0 radical (unpaired) electrons. The maximum absolute atomic E-state index is 6.18. The lowest BCUT2D eigenvalue weighted by Gasteiger charge is -2.27. The minimum absolute atomic E-state index is 0.412. The van der Waals surface area contributed by atoms with E-state index >= 15 is 0 Å². The lowest BCUT2D eigenvalue weighted by Crippen LogP contribution is -2.33. The van der Waals surface area contributed by atoms with Crippen LogP contribution in [-0.2, 0) is 6.54 Å². The van der Waals surface area contributed by atoms with Gasteiger partial charge < -0.3 is 9.32 Å². The standard InChI is InChI=1S/C28H27N2O/c1-3-30-27(31-26-18-17-21-12-7-8-14-24(21)28(26)30)16-6-4-5-11-22-19-20-29(2)25-15-10-9-13-23(22)25/h4-10,12-20,22H,3,11H2,1-2H3/q+1/b5-4+,16-6+. The van der Waals surface area contributed by atoms with Crippen LogP contribution in [0.25, 0.3) is 27.9 Å². The molecule has 5 rings (SSSR count). The molecule has 1 aromatic heterocycles. The number of benzene rings is 3. The van der Waals surface area contributed by atoms with E-state index in [1.165, 1.54) is 22.0 Å². The molecule has 3 aromatic carbocycles. The molecule has 0 fully saturated rings. The second-order valence-electron chi connectivity index (χ2n) is 7.96. The van der Waals surface area contributed by atoms with Gasteiger partial charge >= 0.3 is 5.89 Å². The van der Waals surface area contributed by atoms with Crippen LogP contribution in [0.15, 0.2) is 95.6 Å². The summed E-state index contributed by atoms with van der Waals surface area (Å²) >= 11 is 0. The van der Waals surface area contributed by atoms with Gasteiger partial charge in [0.2, 0.25) is 5.58 Å². The van der Waals surface area contributed by atoms with Gasteiger partial charge in [0.05, 0.1) is 11.5 Å². The van der Waals surface area contributed by atoms with E-state index in [4.69, 9.17) is 4.42 Å². The van der Waals surface area contributed by atoms with Gasteiger partial charge in [-0.25, -0.2) is 0 Å². The summed E-state index contributed by atoms with van der Waals surface area (Å²) in [4.78, 5) is 2.18. The summed E-state index contributed by atoms with van der Waals surface area (Å²) in [6.07, 6.45) is 13.9. The summed E-state index contributed by atoms with van der Waals surface area (Å²) in [5.41, 5.74) is 4.76. The molecule has 1 atom stereocenters. The van der Waals surface area contributed by atoms with Crippen molar-refractivity contribution in [2.45, 2.75) is 25.8 Å². The number of allylic oxidation sites excluding steroid dienone is 4. The van der Waals surface area contributed by atoms with Crippen LogP contribution in [0.5, 0.6) is 0 Å². The van der Waals surface area contributed by atoms with Gasteiger partial charge in [0, 0.05) is 24.9 Å². The summed E-state index contributed by atoms with van der Waals surface area (Å²) in [6, 6.07) is 21.3. The SMILES string of the molecule is CC[n+]1c(/C=C/C=C/CC2C=CN(C)c3ccccc32)oc2ccc3ccccc3c21. The van der Waals surface area contributed by atoms with Gasteiger partial charge in [-0.15, -0.1) is 0 Å². The van der Waals surface area contributed by atoms with Crippen molar-refractivity contribution in [1.82, 2.24) is 0 Å². The van der Waals surface area contributed by atoms with E-state index in [0.29, 0.717) is 5.92 Å². The Labute approximate surface area is 183 Å². The number of oxazole rings is 1. The highest BCUT2D eigenvalue weighted by Gasteiger charge is 2.21. The molecule has 2 heterocycles. The number of aryl methyl sites for hydroxylation is 1. The van der Waals surface area contributed by atoms with Crippen LogP contribution in [0.4, 0.5) is 5.69 Å². The molecular weight excluding hydrogens is 380 g/mol. The number of nitrogens with zero attached hydrogens (tertiary/aromatic N) is 2. The maximum atomic E-state index is 6.18. The first-order chi connectivity index (χ1) is 15.3. The monoisotopic (exact) mass is 407 g/mol. The van der Waals surface area contributed by atoms with E-state index in [-0.39, 0.29) is 0 Å². The van der Waals surface area contributed by atoms with Gasteiger partial charge in [-0.05, 0) is 42.5 Å². The first-order valence-corrected chi connectivity index (χ1v) is 10.9. The lowest BCUT2D eigenvalue weighted by molar-refractivity contribution is -0.673. The molecule has 3 nitrogen and oxygen atoms in total. The Bertz CT molecular complexity index is 1330. The van der Waals surface area contributed by atoms with Crippen molar-refractivity contribution >= 4 is 33.6 Å². The molecule has 154 valence electrons. The zero-order chi connectivity index (χ0) is 21.2. The van der Waals surface area contributed by atoms with Crippen molar-refractivity contribution in [2.75, 3.05) is 11.9 Å². The first kappa shape index (κ1) is 19.4. The molecule has 0 bridgehead atoms. The van der Waals surface area contributed by atoms with Crippen LogP contribution in [-0.4, -0.2) is 7.05 Å². The highest BCUT2D eigenvalue weighted by Crippen LogP contribution is 2.34. The second kappa shape index (κ2) is 8.27. The van der Waals surface area contributed by atoms with Crippen molar-refractivity contribution in [2.24, 2.45) is 0 Å². The zero-order valence-electron chi connectivity index (χ0n) is 18.0. The number of aromatic nitrogens is 1. The third-order valence-corrected chi connectivity index (χ3v) is 6.06. The minimum Gasteiger partial charge on any atom is -0.398 e. The third kappa shape index (κ3) is 3.57. The van der Waals surface area contributed by atoms with E-state index in [9.17, 15) is 0 Å². The van der Waals surface area contributed by atoms with Crippen molar-refractivity contribution in [3.8, 4) is 0 Å². The third-order valence-electron chi connectivity index (χ3n) is 6.06. The Morgan fingerprint density at radius 2 is 1.84 bits per heavy atom. The topological polar surface area (TPSA) is 20.3 Å². The predicted octanol–water partition coefficient (Wildman–Crippen LogP) is 6.60. The van der Waals surface area contributed by atoms with Gasteiger partial charge in [-0.3, -0.25) is 0 Å². The van der Waals surface area contributed by atoms with Crippen molar-refractivity contribution in [3.05, 3.63) is 103 Å². The van der Waals surface area contributed by atoms with E-state index in [1.54, 1.807) is 0 Å². The normalized spacial score (nSPS) is 16.2.